The van der Waals surface area contributed by atoms with E-state index in [4.69, 9.17) is 0 Å². The molecule has 0 spiro atoms. The minimum absolute atomic E-state index is 1.09. The third-order valence-electron chi connectivity index (χ3n) is 2.92. The molecule has 86 valence electrons. The average Bonchev–Trinajstić information content (AvgIpc) is 2.79. The number of hydrogen-bond donors (Lipinski definition) is 0. The van der Waals surface area contributed by atoms with Crippen LogP contribution in [0.2, 0.25) is 0 Å². The van der Waals surface area contributed by atoms with E-state index in [1.54, 1.807) is 0 Å². The van der Waals surface area contributed by atoms with Crippen molar-refractivity contribution in [1.29, 1.82) is 0 Å². The summed E-state index contributed by atoms with van der Waals surface area (Å²) < 4.78 is 0. The Labute approximate surface area is 99.7 Å². The summed E-state index contributed by atoms with van der Waals surface area (Å²) in [5, 5.41) is 0. The molecule has 1 aromatic carbocycles. The van der Waals surface area contributed by atoms with Crippen molar-refractivity contribution in [3.63, 3.8) is 0 Å². The van der Waals surface area contributed by atoms with Gasteiger partial charge in [0, 0.05) is 0 Å². The Kier molecular flexibility index (Phi) is 4.54. The van der Waals surface area contributed by atoms with Crippen molar-refractivity contribution in [1.82, 2.24) is 0 Å². The molecule has 0 unspecified atom stereocenters. The second kappa shape index (κ2) is 5.69. The van der Waals surface area contributed by atoms with E-state index >= 15 is 0 Å². The van der Waals surface area contributed by atoms with Crippen LogP contribution in [0.15, 0.2) is 30.4 Å². The number of rotatable bonds is 1. The molecular weight excluding hydrogens is 192 g/mol. The van der Waals surface area contributed by atoms with Crippen LogP contribution in [-0.2, 0) is 0 Å². The van der Waals surface area contributed by atoms with E-state index in [1.165, 1.54) is 27.8 Å². The molecular formula is C16H22. The summed E-state index contributed by atoms with van der Waals surface area (Å²) in [4.78, 5) is 0. The molecule has 16 heavy (non-hydrogen) atoms. The van der Waals surface area contributed by atoms with E-state index < -0.39 is 0 Å². The number of allylic oxidation sites excluding steroid dienone is 4. The van der Waals surface area contributed by atoms with Crippen LogP contribution in [0.25, 0.3) is 5.57 Å². The lowest BCUT2D eigenvalue weighted by Gasteiger charge is -2.09. The maximum atomic E-state index is 2.30. The van der Waals surface area contributed by atoms with Crippen LogP contribution in [0.4, 0.5) is 0 Å². The molecule has 0 heterocycles. The Morgan fingerprint density at radius 1 is 0.875 bits per heavy atom. The summed E-state index contributed by atoms with van der Waals surface area (Å²) in [5.74, 6) is 0. The molecule has 1 aromatic rings. The van der Waals surface area contributed by atoms with Gasteiger partial charge in [-0.2, -0.15) is 0 Å². The molecule has 0 aromatic heterocycles. The van der Waals surface area contributed by atoms with Gasteiger partial charge in [0.25, 0.3) is 0 Å². The van der Waals surface area contributed by atoms with Gasteiger partial charge in [-0.05, 0) is 55.0 Å². The second-order valence-electron chi connectivity index (χ2n) is 4.05. The Balaban J connectivity index is 0.000000606. The highest BCUT2D eigenvalue weighted by atomic mass is 14.1. The molecule has 0 saturated carbocycles. The summed E-state index contributed by atoms with van der Waals surface area (Å²) in [6.45, 7) is 10.5. The van der Waals surface area contributed by atoms with Gasteiger partial charge in [0.2, 0.25) is 0 Å². The lowest BCUT2D eigenvalue weighted by molar-refractivity contribution is 1.28. The summed E-state index contributed by atoms with van der Waals surface area (Å²) in [7, 11) is 0. The molecule has 1 aliphatic rings. The van der Waals surface area contributed by atoms with E-state index in [0.717, 1.165) is 6.42 Å². The summed E-state index contributed by atoms with van der Waals surface area (Å²) in [6.07, 6.45) is 7.81. The van der Waals surface area contributed by atoms with Crippen molar-refractivity contribution in [3.05, 3.63) is 52.6 Å². The zero-order valence-electron chi connectivity index (χ0n) is 11.1. The molecule has 0 radical (unpaired) electrons. The van der Waals surface area contributed by atoms with Crippen molar-refractivity contribution in [2.24, 2.45) is 0 Å². The Morgan fingerprint density at radius 2 is 1.50 bits per heavy atom. The van der Waals surface area contributed by atoms with Gasteiger partial charge in [0.15, 0.2) is 0 Å². The average molecular weight is 214 g/mol. The summed E-state index contributed by atoms with van der Waals surface area (Å²) in [5.41, 5.74) is 6.92. The highest BCUT2D eigenvalue weighted by Crippen LogP contribution is 2.26. The topological polar surface area (TPSA) is 0 Å². The first-order valence-electron chi connectivity index (χ1n) is 6.13. The lowest BCUT2D eigenvalue weighted by atomic mass is 9.96. The largest absolute Gasteiger partial charge is 0.0801 e. The zero-order chi connectivity index (χ0) is 12.1. The van der Waals surface area contributed by atoms with Crippen molar-refractivity contribution in [3.8, 4) is 0 Å². The fraction of sp³-hybridized carbons (Fsp3) is 0.375. The summed E-state index contributed by atoms with van der Waals surface area (Å²) >= 11 is 0. The fourth-order valence-electron chi connectivity index (χ4n) is 1.93. The molecule has 0 nitrogen and oxygen atoms in total. The number of benzene rings is 1. The van der Waals surface area contributed by atoms with E-state index in [-0.39, 0.29) is 0 Å². The van der Waals surface area contributed by atoms with Gasteiger partial charge >= 0.3 is 0 Å². The quantitative estimate of drug-likeness (QED) is 0.618. The van der Waals surface area contributed by atoms with Gasteiger partial charge in [0.1, 0.15) is 0 Å². The molecule has 0 heteroatoms. The molecule has 0 saturated heterocycles. The third-order valence-corrected chi connectivity index (χ3v) is 2.92. The minimum Gasteiger partial charge on any atom is -0.0801 e. The molecule has 0 fully saturated rings. The molecule has 0 bridgehead atoms. The van der Waals surface area contributed by atoms with E-state index in [0.29, 0.717) is 0 Å². The van der Waals surface area contributed by atoms with Crippen LogP contribution in [0.1, 0.15) is 42.5 Å². The van der Waals surface area contributed by atoms with Gasteiger partial charge in [-0.1, -0.05) is 44.2 Å². The predicted octanol–water partition coefficient (Wildman–Crippen LogP) is 4.98. The molecule has 2 rings (SSSR count). The molecule has 0 amide bonds. The Hall–Kier alpha value is -1.30. The van der Waals surface area contributed by atoms with Crippen LogP contribution in [0, 0.1) is 20.8 Å². The first-order chi connectivity index (χ1) is 7.68. The lowest BCUT2D eigenvalue weighted by Crippen LogP contribution is -1.90. The first kappa shape index (κ1) is 12.8. The van der Waals surface area contributed by atoms with Gasteiger partial charge in [-0.3, -0.25) is 0 Å². The Morgan fingerprint density at radius 3 is 2.06 bits per heavy atom. The second-order valence-corrected chi connectivity index (χ2v) is 4.05. The van der Waals surface area contributed by atoms with Crippen molar-refractivity contribution in [2.45, 2.75) is 41.0 Å². The van der Waals surface area contributed by atoms with Gasteiger partial charge in [-0.25, -0.2) is 0 Å². The van der Waals surface area contributed by atoms with Gasteiger partial charge < -0.3 is 0 Å². The van der Waals surface area contributed by atoms with Gasteiger partial charge in [-0.15, -0.1) is 0 Å². The predicted molar refractivity (Wildman–Crippen MR) is 73.7 cm³/mol. The molecule has 1 aliphatic carbocycles. The smallest absolute Gasteiger partial charge is 0.0155 e. The molecule has 0 aliphatic heterocycles. The number of aryl methyl sites for hydroxylation is 3. The van der Waals surface area contributed by atoms with Crippen molar-refractivity contribution >= 4 is 5.57 Å². The first-order valence-corrected chi connectivity index (χ1v) is 6.13. The monoisotopic (exact) mass is 214 g/mol. The minimum atomic E-state index is 1.09. The Bertz CT molecular complexity index is 420. The van der Waals surface area contributed by atoms with E-state index in [1.807, 2.05) is 13.8 Å². The maximum absolute atomic E-state index is 2.30. The normalized spacial score (nSPS) is 13.2. The van der Waals surface area contributed by atoms with Crippen LogP contribution >= 0.6 is 0 Å². The molecule has 0 atom stereocenters. The van der Waals surface area contributed by atoms with Crippen molar-refractivity contribution in [2.75, 3.05) is 0 Å². The SMILES string of the molecule is CC.Cc1cc(C)c(C2=CCC=C2)cc1C. The summed E-state index contributed by atoms with van der Waals surface area (Å²) in [6, 6.07) is 4.57. The van der Waals surface area contributed by atoms with Crippen molar-refractivity contribution < 1.29 is 0 Å². The molecule has 0 N–H and O–H groups in total. The van der Waals surface area contributed by atoms with Crippen LogP contribution in [-0.4, -0.2) is 0 Å². The highest BCUT2D eigenvalue weighted by molar-refractivity contribution is 5.78. The standard InChI is InChI=1S/C14H16.C2H6/c1-10-8-12(3)14(9-11(10)2)13-6-4-5-7-13;1-2/h4,6-9H,5H2,1-3H3;1-2H3. The highest BCUT2D eigenvalue weighted by Gasteiger charge is 2.06. The van der Waals surface area contributed by atoms with Crippen LogP contribution in [0.3, 0.4) is 0 Å². The third kappa shape index (κ3) is 2.63. The van der Waals surface area contributed by atoms with Crippen LogP contribution in [0.5, 0.6) is 0 Å². The van der Waals surface area contributed by atoms with E-state index in [9.17, 15) is 0 Å². The number of hydrogen-bond acceptors (Lipinski definition) is 0. The van der Waals surface area contributed by atoms with Gasteiger partial charge in [0.05, 0.1) is 0 Å². The van der Waals surface area contributed by atoms with Crippen LogP contribution < -0.4 is 0 Å². The van der Waals surface area contributed by atoms with E-state index in [2.05, 4.69) is 51.1 Å². The maximum Gasteiger partial charge on any atom is -0.0155 e. The zero-order valence-corrected chi connectivity index (χ0v) is 11.1. The fourth-order valence-corrected chi connectivity index (χ4v) is 1.93.